The quantitative estimate of drug-likeness (QED) is 0.688. The third-order valence-electron chi connectivity index (χ3n) is 4.78. The van der Waals surface area contributed by atoms with Gasteiger partial charge in [-0.15, -0.1) is 11.3 Å². The smallest absolute Gasteiger partial charge is 0.281 e. The number of hydrogen-bond donors (Lipinski definition) is 3. The van der Waals surface area contributed by atoms with E-state index in [0.29, 0.717) is 49.1 Å². The minimum absolute atomic E-state index is 0.0533. The Hall–Kier alpha value is -2.16. The van der Waals surface area contributed by atoms with E-state index in [2.05, 4.69) is 10.3 Å². The lowest BCUT2D eigenvalue weighted by molar-refractivity contribution is -0.899. The second-order valence-electron chi connectivity index (χ2n) is 6.41. The van der Waals surface area contributed by atoms with Crippen LogP contribution in [0.4, 0.5) is 5.13 Å². The molecule has 140 valence electrons. The van der Waals surface area contributed by atoms with Crippen LogP contribution in [0.15, 0.2) is 29.8 Å². The fourth-order valence-electron chi connectivity index (χ4n) is 3.32. The highest BCUT2D eigenvalue weighted by Gasteiger charge is 2.38. The molecule has 1 aliphatic rings. The van der Waals surface area contributed by atoms with Crippen LogP contribution >= 0.6 is 11.3 Å². The molecular formula is C18H24N3O4S+. The lowest BCUT2D eigenvalue weighted by Crippen LogP contribution is -3.14. The zero-order chi connectivity index (χ0) is 18.6. The van der Waals surface area contributed by atoms with Crippen LogP contribution in [0, 0.1) is 0 Å². The summed E-state index contributed by atoms with van der Waals surface area (Å²) in [5.74, 6) is 1.26. The number of amides is 1. The second-order valence-corrected chi connectivity index (χ2v) is 7.30. The largest absolute Gasteiger partial charge is 0.497 e. The zero-order valence-corrected chi connectivity index (χ0v) is 15.8. The topological polar surface area (TPSA) is 85.1 Å². The molecule has 2 aromatic rings. The summed E-state index contributed by atoms with van der Waals surface area (Å²) in [6, 6.07) is 5.47. The molecule has 0 bridgehead atoms. The highest BCUT2D eigenvalue weighted by atomic mass is 32.1. The van der Waals surface area contributed by atoms with Crippen LogP contribution in [0.2, 0.25) is 0 Å². The molecule has 0 aliphatic carbocycles. The summed E-state index contributed by atoms with van der Waals surface area (Å²) in [7, 11) is 3.19. The van der Waals surface area contributed by atoms with Gasteiger partial charge in [0, 0.05) is 36.0 Å². The minimum Gasteiger partial charge on any atom is -0.497 e. The maximum Gasteiger partial charge on any atom is 0.281 e. The van der Waals surface area contributed by atoms with Gasteiger partial charge < -0.3 is 19.5 Å². The number of methoxy groups -OCH3 is 2. The number of anilines is 1. The number of hydrogen-bond acceptors (Lipinski definition) is 6. The predicted molar refractivity (Wildman–Crippen MR) is 99.0 cm³/mol. The number of quaternary nitrogens is 1. The number of nitrogens with zero attached hydrogens (tertiary/aromatic N) is 1. The van der Waals surface area contributed by atoms with Gasteiger partial charge in [0.2, 0.25) is 0 Å². The number of benzene rings is 1. The molecule has 3 N–H and O–H groups in total. The van der Waals surface area contributed by atoms with Crippen molar-refractivity contribution in [1.82, 2.24) is 4.98 Å². The van der Waals surface area contributed by atoms with E-state index in [9.17, 15) is 9.90 Å². The standard InChI is InChI=1S/C18H23N3O4S/c1-24-13-3-4-14(15(11-13)25-2)18(23)5-8-21(9-6-18)12-16(22)20-17-19-7-10-26-17/h3-4,7,10-11,23H,5-6,8-9,12H2,1-2H3,(H,19,20,22)/p+1. The summed E-state index contributed by atoms with van der Waals surface area (Å²) in [5.41, 5.74) is -0.181. The first-order chi connectivity index (χ1) is 12.5. The Morgan fingerprint density at radius 2 is 2.12 bits per heavy atom. The summed E-state index contributed by atoms with van der Waals surface area (Å²) in [6.45, 7) is 1.78. The summed E-state index contributed by atoms with van der Waals surface area (Å²) < 4.78 is 10.7. The molecule has 7 nitrogen and oxygen atoms in total. The van der Waals surface area contributed by atoms with Gasteiger partial charge in [-0.2, -0.15) is 0 Å². The number of carbonyl (C=O) groups is 1. The Kier molecular flexibility index (Phi) is 5.75. The Balaban J connectivity index is 1.61. The number of thiazole rings is 1. The van der Waals surface area contributed by atoms with Gasteiger partial charge in [-0.3, -0.25) is 10.1 Å². The van der Waals surface area contributed by atoms with Gasteiger partial charge in [-0.1, -0.05) is 0 Å². The van der Waals surface area contributed by atoms with Crippen molar-refractivity contribution >= 4 is 22.4 Å². The normalized spacial score (nSPS) is 22.7. The Bertz CT molecular complexity index is 743. The van der Waals surface area contributed by atoms with Crippen molar-refractivity contribution in [1.29, 1.82) is 0 Å². The van der Waals surface area contributed by atoms with Crippen molar-refractivity contribution in [2.24, 2.45) is 0 Å². The second kappa shape index (κ2) is 8.03. The molecule has 26 heavy (non-hydrogen) atoms. The van der Waals surface area contributed by atoms with Gasteiger partial charge in [0.25, 0.3) is 5.91 Å². The molecule has 0 saturated carbocycles. The van der Waals surface area contributed by atoms with Crippen LogP contribution in [-0.2, 0) is 10.4 Å². The molecular weight excluding hydrogens is 354 g/mol. The fraction of sp³-hybridized carbons (Fsp3) is 0.444. The van der Waals surface area contributed by atoms with Gasteiger partial charge in [0.1, 0.15) is 17.1 Å². The summed E-state index contributed by atoms with van der Waals surface area (Å²) in [4.78, 5) is 17.3. The van der Waals surface area contributed by atoms with Gasteiger partial charge >= 0.3 is 0 Å². The van der Waals surface area contributed by atoms with Gasteiger partial charge in [0.05, 0.1) is 27.3 Å². The van der Waals surface area contributed by atoms with Crippen molar-refractivity contribution in [3.8, 4) is 11.5 Å². The molecule has 1 aromatic heterocycles. The minimum atomic E-state index is -0.951. The van der Waals surface area contributed by atoms with Gasteiger partial charge in [0.15, 0.2) is 11.7 Å². The summed E-state index contributed by atoms with van der Waals surface area (Å²) in [6.07, 6.45) is 2.79. The number of piperidine rings is 1. The van der Waals surface area contributed by atoms with E-state index in [4.69, 9.17) is 9.47 Å². The molecule has 2 heterocycles. The first-order valence-electron chi connectivity index (χ1n) is 8.52. The van der Waals surface area contributed by atoms with Crippen LogP contribution < -0.4 is 19.7 Å². The van der Waals surface area contributed by atoms with Crippen molar-refractivity contribution < 1.29 is 24.3 Å². The Morgan fingerprint density at radius 3 is 2.73 bits per heavy atom. The van der Waals surface area contributed by atoms with Crippen molar-refractivity contribution in [2.75, 3.05) is 39.2 Å². The average Bonchev–Trinajstić information content (AvgIpc) is 3.16. The molecule has 0 radical (unpaired) electrons. The van der Waals surface area contributed by atoms with Crippen LogP contribution in [0.5, 0.6) is 11.5 Å². The highest BCUT2D eigenvalue weighted by Crippen LogP contribution is 2.37. The summed E-state index contributed by atoms with van der Waals surface area (Å²) in [5, 5.41) is 16.4. The van der Waals surface area contributed by atoms with E-state index in [-0.39, 0.29) is 5.91 Å². The van der Waals surface area contributed by atoms with Crippen LogP contribution in [0.25, 0.3) is 0 Å². The predicted octanol–water partition coefficient (Wildman–Crippen LogP) is 0.665. The molecule has 0 spiro atoms. The molecule has 1 amide bonds. The SMILES string of the molecule is COc1ccc(C2(O)CC[NH+](CC(=O)Nc3nccs3)CC2)c(OC)c1. The molecule has 1 aromatic carbocycles. The molecule has 8 heteroatoms. The molecule has 1 fully saturated rings. The lowest BCUT2D eigenvalue weighted by Gasteiger charge is -2.36. The number of ether oxygens (including phenoxy) is 2. The van der Waals surface area contributed by atoms with Crippen molar-refractivity contribution in [3.05, 3.63) is 35.3 Å². The zero-order valence-electron chi connectivity index (χ0n) is 14.9. The van der Waals surface area contributed by atoms with E-state index in [1.807, 2.05) is 17.5 Å². The van der Waals surface area contributed by atoms with Crippen molar-refractivity contribution in [2.45, 2.75) is 18.4 Å². The van der Waals surface area contributed by atoms with Crippen molar-refractivity contribution in [3.63, 3.8) is 0 Å². The Morgan fingerprint density at radius 1 is 1.35 bits per heavy atom. The van der Waals surface area contributed by atoms with E-state index >= 15 is 0 Å². The monoisotopic (exact) mass is 378 g/mol. The average molecular weight is 378 g/mol. The van der Waals surface area contributed by atoms with Gasteiger partial charge in [-0.25, -0.2) is 4.98 Å². The molecule has 1 aliphatic heterocycles. The number of aromatic nitrogens is 1. The maximum absolute atomic E-state index is 12.1. The first kappa shape index (κ1) is 18.6. The van der Waals surface area contributed by atoms with E-state index in [0.717, 1.165) is 10.5 Å². The van der Waals surface area contributed by atoms with E-state index in [1.165, 1.54) is 11.3 Å². The number of nitrogens with one attached hydrogen (secondary N) is 2. The molecule has 1 saturated heterocycles. The van der Waals surface area contributed by atoms with Crippen LogP contribution in [0.1, 0.15) is 18.4 Å². The molecule has 0 unspecified atom stereocenters. The number of carbonyl (C=O) groups excluding carboxylic acids is 1. The number of likely N-dealkylation sites (tertiary alicyclic amines) is 1. The Labute approximate surface area is 156 Å². The first-order valence-corrected chi connectivity index (χ1v) is 9.40. The fourth-order valence-corrected chi connectivity index (χ4v) is 3.87. The highest BCUT2D eigenvalue weighted by molar-refractivity contribution is 7.13. The lowest BCUT2D eigenvalue weighted by atomic mass is 9.83. The molecule has 0 atom stereocenters. The number of rotatable bonds is 6. The maximum atomic E-state index is 12.1. The van der Waals surface area contributed by atoms with E-state index < -0.39 is 5.60 Å². The molecule has 3 rings (SSSR count). The van der Waals surface area contributed by atoms with Gasteiger partial charge in [-0.05, 0) is 12.1 Å². The van der Waals surface area contributed by atoms with E-state index in [1.54, 1.807) is 26.5 Å². The third-order valence-corrected chi connectivity index (χ3v) is 5.47. The van der Waals surface area contributed by atoms with Crippen LogP contribution in [-0.4, -0.2) is 49.9 Å². The number of aliphatic hydroxyl groups is 1. The summed E-state index contributed by atoms with van der Waals surface area (Å²) >= 11 is 1.40. The third kappa shape index (κ3) is 4.14. The van der Waals surface area contributed by atoms with Crippen LogP contribution in [0.3, 0.4) is 0 Å².